The third-order valence-electron chi connectivity index (χ3n) is 3.81. The molecular weight excluding hydrogens is 272 g/mol. The standard InChI is InChI=1S/C15H20N2O4/c1-16(21-10-12-5-3-2-4-6-12)13-7-8-14(15(19)20)17(9-13)11-18/h2-6,11,13-14H,7-10H2,1H3,(H,19,20)/t13-,14+/m1/s1. The number of likely N-dealkylation sites (tertiary alicyclic amines) is 1. The van der Waals surface area contributed by atoms with E-state index in [4.69, 9.17) is 9.94 Å². The second kappa shape index (κ2) is 7.19. The molecule has 0 bridgehead atoms. The fraction of sp³-hybridized carbons (Fsp3) is 0.467. The third-order valence-corrected chi connectivity index (χ3v) is 3.81. The van der Waals surface area contributed by atoms with Crippen LogP contribution in [-0.2, 0) is 21.0 Å². The number of hydrogen-bond acceptors (Lipinski definition) is 4. The van der Waals surface area contributed by atoms with Gasteiger partial charge in [0.25, 0.3) is 0 Å². The Hall–Kier alpha value is -1.92. The SMILES string of the molecule is CN(OCc1ccccc1)[C@@H]1CC[C@@H](C(=O)O)N(C=O)C1. The Labute approximate surface area is 123 Å². The number of benzene rings is 1. The van der Waals surface area contributed by atoms with E-state index in [2.05, 4.69) is 0 Å². The first-order chi connectivity index (χ1) is 10.1. The van der Waals surface area contributed by atoms with E-state index in [0.29, 0.717) is 32.4 Å². The van der Waals surface area contributed by atoms with Gasteiger partial charge in [0.15, 0.2) is 0 Å². The lowest BCUT2D eigenvalue weighted by molar-refractivity contribution is -0.191. The van der Waals surface area contributed by atoms with E-state index < -0.39 is 12.0 Å². The maximum atomic E-state index is 11.1. The van der Waals surface area contributed by atoms with Crippen LogP contribution in [0.1, 0.15) is 18.4 Å². The van der Waals surface area contributed by atoms with Crippen LogP contribution >= 0.6 is 0 Å². The topological polar surface area (TPSA) is 70.1 Å². The van der Waals surface area contributed by atoms with Crippen LogP contribution in [0.15, 0.2) is 30.3 Å². The molecule has 0 spiro atoms. The molecule has 6 nitrogen and oxygen atoms in total. The second-order valence-corrected chi connectivity index (χ2v) is 5.19. The quantitative estimate of drug-likeness (QED) is 0.628. The molecule has 0 saturated carbocycles. The van der Waals surface area contributed by atoms with Crippen molar-refractivity contribution in [1.82, 2.24) is 9.96 Å². The zero-order valence-corrected chi connectivity index (χ0v) is 12.0. The number of hydrogen-bond donors (Lipinski definition) is 1. The van der Waals surface area contributed by atoms with Gasteiger partial charge in [-0.25, -0.2) is 4.79 Å². The molecule has 0 aromatic heterocycles. The fourth-order valence-electron chi connectivity index (χ4n) is 2.51. The maximum absolute atomic E-state index is 11.1. The van der Waals surface area contributed by atoms with Crippen LogP contribution < -0.4 is 0 Å². The Morgan fingerprint density at radius 1 is 1.43 bits per heavy atom. The van der Waals surface area contributed by atoms with Gasteiger partial charge < -0.3 is 10.0 Å². The molecule has 2 rings (SSSR count). The molecule has 0 unspecified atom stereocenters. The lowest BCUT2D eigenvalue weighted by Gasteiger charge is -2.38. The van der Waals surface area contributed by atoms with Crippen molar-refractivity contribution in [3.05, 3.63) is 35.9 Å². The van der Waals surface area contributed by atoms with Crippen molar-refractivity contribution in [1.29, 1.82) is 0 Å². The molecule has 1 heterocycles. The summed E-state index contributed by atoms with van der Waals surface area (Å²) in [6.45, 7) is 0.822. The Balaban J connectivity index is 1.87. The first kappa shape index (κ1) is 15.5. The number of rotatable bonds is 6. The third kappa shape index (κ3) is 4.03. The molecule has 2 atom stereocenters. The van der Waals surface area contributed by atoms with Crippen molar-refractivity contribution in [2.45, 2.75) is 31.5 Å². The Bertz CT molecular complexity index is 480. The summed E-state index contributed by atoms with van der Waals surface area (Å²) in [5, 5.41) is 10.8. The molecular formula is C15H20N2O4. The number of carboxylic acid groups (broad SMARTS) is 1. The molecule has 6 heteroatoms. The van der Waals surface area contributed by atoms with Crippen LogP contribution in [0.3, 0.4) is 0 Å². The maximum Gasteiger partial charge on any atom is 0.326 e. The molecule has 1 aromatic carbocycles. The summed E-state index contributed by atoms with van der Waals surface area (Å²) in [6.07, 6.45) is 1.74. The zero-order valence-electron chi connectivity index (χ0n) is 12.0. The van der Waals surface area contributed by atoms with E-state index >= 15 is 0 Å². The van der Waals surface area contributed by atoms with Gasteiger partial charge in [-0.1, -0.05) is 30.3 Å². The molecule has 1 aliphatic rings. The first-order valence-electron chi connectivity index (χ1n) is 6.95. The molecule has 21 heavy (non-hydrogen) atoms. The lowest BCUT2D eigenvalue weighted by Crippen LogP contribution is -2.52. The first-order valence-corrected chi connectivity index (χ1v) is 6.95. The van der Waals surface area contributed by atoms with Gasteiger partial charge in [-0.2, -0.15) is 5.06 Å². The summed E-state index contributed by atoms with van der Waals surface area (Å²) in [4.78, 5) is 29.1. The van der Waals surface area contributed by atoms with Crippen molar-refractivity contribution in [2.75, 3.05) is 13.6 Å². The van der Waals surface area contributed by atoms with Crippen molar-refractivity contribution in [3.63, 3.8) is 0 Å². The van der Waals surface area contributed by atoms with Gasteiger partial charge >= 0.3 is 5.97 Å². The van der Waals surface area contributed by atoms with E-state index in [0.717, 1.165) is 5.56 Å². The molecule has 1 aliphatic heterocycles. The molecule has 0 aliphatic carbocycles. The van der Waals surface area contributed by atoms with E-state index in [9.17, 15) is 9.59 Å². The van der Waals surface area contributed by atoms with Gasteiger partial charge in [0.2, 0.25) is 6.41 Å². The molecule has 1 amide bonds. The molecule has 1 aromatic rings. The van der Waals surface area contributed by atoms with Gasteiger partial charge in [0.1, 0.15) is 6.04 Å². The summed E-state index contributed by atoms with van der Waals surface area (Å²) < 4.78 is 0. The van der Waals surface area contributed by atoms with Crippen LogP contribution in [0.2, 0.25) is 0 Å². The molecule has 1 N–H and O–H groups in total. The Kier molecular flexibility index (Phi) is 5.30. The second-order valence-electron chi connectivity index (χ2n) is 5.19. The Morgan fingerprint density at radius 2 is 2.14 bits per heavy atom. The number of likely N-dealkylation sites (N-methyl/N-ethyl adjacent to an activating group) is 1. The number of carbonyl (C=O) groups excluding carboxylic acids is 1. The summed E-state index contributed by atoms with van der Waals surface area (Å²) in [5.74, 6) is -0.951. The summed E-state index contributed by atoms with van der Waals surface area (Å²) in [7, 11) is 1.82. The highest BCUT2D eigenvalue weighted by Crippen LogP contribution is 2.20. The normalized spacial score (nSPS) is 22.3. The highest BCUT2D eigenvalue weighted by Gasteiger charge is 2.33. The van der Waals surface area contributed by atoms with Crippen molar-refractivity contribution < 1.29 is 19.5 Å². The minimum Gasteiger partial charge on any atom is -0.480 e. The van der Waals surface area contributed by atoms with Crippen molar-refractivity contribution in [2.24, 2.45) is 0 Å². The van der Waals surface area contributed by atoms with Gasteiger partial charge in [0.05, 0.1) is 12.6 Å². The Morgan fingerprint density at radius 3 is 2.76 bits per heavy atom. The predicted molar refractivity (Wildman–Crippen MR) is 76.2 cm³/mol. The van der Waals surface area contributed by atoms with Crippen LogP contribution in [0, 0.1) is 0 Å². The number of carbonyl (C=O) groups is 2. The smallest absolute Gasteiger partial charge is 0.326 e. The fourth-order valence-corrected chi connectivity index (χ4v) is 2.51. The van der Waals surface area contributed by atoms with Crippen molar-refractivity contribution in [3.8, 4) is 0 Å². The van der Waals surface area contributed by atoms with Crippen LogP contribution in [0.5, 0.6) is 0 Å². The summed E-state index contributed by atoms with van der Waals surface area (Å²) in [6, 6.07) is 9.09. The van der Waals surface area contributed by atoms with Crippen LogP contribution in [0.4, 0.5) is 0 Å². The number of carboxylic acids is 1. The van der Waals surface area contributed by atoms with Gasteiger partial charge in [0, 0.05) is 13.6 Å². The molecule has 114 valence electrons. The van der Waals surface area contributed by atoms with Crippen LogP contribution in [-0.4, -0.2) is 53.1 Å². The van der Waals surface area contributed by atoms with Crippen molar-refractivity contribution >= 4 is 12.4 Å². The molecule has 1 saturated heterocycles. The number of piperidine rings is 1. The van der Waals surface area contributed by atoms with E-state index in [1.54, 1.807) is 5.06 Å². The largest absolute Gasteiger partial charge is 0.480 e. The summed E-state index contributed by atoms with van der Waals surface area (Å²) in [5.41, 5.74) is 1.07. The van der Waals surface area contributed by atoms with Crippen LogP contribution in [0.25, 0.3) is 0 Å². The van der Waals surface area contributed by atoms with Gasteiger partial charge in [-0.3, -0.25) is 9.63 Å². The monoisotopic (exact) mass is 292 g/mol. The summed E-state index contributed by atoms with van der Waals surface area (Å²) >= 11 is 0. The number of aliphatic carboxylic acids is 1. The highest BCUT2D eigenvalue weighted by molar-refractivity contribution is 5.76. The van der Waals surface area contributed by atoms with Gasteiger partial charge in [-0.15, -0.1) is 0 Å². The molecule has 0 radical (unpaired) electrons. The van der Waals surface area contributed by atoms with Gasteiger partial charge in [-0.05, 0) is 18.4 Å². The van der Waals surface area contributed by atoms with E-state index in [1.807, 2.05) is 37.4 Å². The average molecular weight is 292 g/mol. The number of amides is 1. The zero-order chi connectivity index (χ0) is 15.2. The van der Waals surface area contributed by atoms with E-state index in [1.165, 1.54) is 4.90 Å². The van der Waals surface area contributed by atoms with E-state index in [-0.39, 0.29) is 6.04 Å². The minimum absolute atomic E-state index is 0.00881. The minimum atomic E-state index is -0.951. The predicted octanol–water partition coefficient (Wildman–Crippen LogP) is 1.12. The highest BCUT2D eigenvalue weighted by atomic mass is 16.7. The number of nitrogens with zero attached hydrogens (tertiary/aromatic N) is 2. The number of hydroxylamine groups is 2. The molecule has 1 fully saturated rings. The average Bonchev–Trinajstić information content (AvgIpc) is 2.52. The lowest BCUT2D eigenvalue weighted by atomic mass is 9.99.